The van der Waals surface area contributed by atoms with Crippen molar-refractivity contribution in [2.75, 3.05) is 0 Å². The molecule has 248 valence electrons. The minimum absolute atomic E-state index is 0.0571. The molecule has 0 saturated carbocycles. The lowest BCUT2D eigenvalue weighted by Crippen LogP contribution is -2.54. The van der Waals surface area contributed by atoms with E-state index in [1.165, 1.54) is 26.2 Å². The van der Waals surface area contributed by atoms with Gasteiger partial charge in [-0.1, -0.05) is 57.5 Å². The Morgan fingerprint density at radius 1 is 0.800 bits per heavy atom. The third-order valence-electron chi connectivity index (χ3n) is 7.60. The lowest BCUT2D eigenvalue weighted by molar-refractivity contribution is -0.136. The van der Waals surface area contributed by atoms with E-state index in [0.717, 1.165) is 5.56 Å². The average Bonchev–Trinajstić information content (AvgIpc) is 3.02. The van der Waals surface area contributed by atoms with Crippen LogP contribution < -0.4 is 21.3 Å². The van der Waals surface area contributed by atoms with E-state index < -0.39 is 72.7 Å². The van der Waals surface area contributed by atoms with Crippen LogP contribution in [0.4, 0.5) is 8.78 Å². The zero-order valence-corrected chi connectivity index (χ0v) is 26.1. The van der Waals surface area contributed by atoms with Gasteiger partial charge in [0.25, 0.3) is 0 Å². The Hall–Kier alpha value is -3.97. The Morgan fingerprint density at radius 2 is 1.44 bits per heavy atom. The molecule has 0 unspecified atom stereocenters. The number of aliphatic hydroxyl groups excluding tert-OH is 2. The Morgan fingerprint density at radius 3 is 2.04 bits per heavy atom. The summed E-state index contributed by atoms with van der Waals surface area (Å²) in [4.78, 5) is 55.0. The van der Waals surface area contributed by atoms with Crippen LogP contribution in [0.3, 0.4) is 0 Å². The number of hydrogen-bond donors (Lipinski definition) is 6. The molecule has 7 atom stereocenters. The minimum Gasteiger partial charge on any atom is -0.391 e. The van der Waals surface area contributed by atoms with Gasteiger partial charge in [-0.3, -0.25) is 24.2 Å². The van der Waals surface area contributed by atoms with Crippen LogP contribution in [0, 0.1) is 11.8 Å². The molecule has 1 aromatic carbocycles. The maximum atomic E-state index is 13.3. The number of benzene rings is 1. The molecule has 0 spiro atoms. The van der Waals surface area contributed by atoms with Gasteiger partial charge in [0.2, 0.25) is 30.1 Å². The van der Waals surface area contributed by atoms with Crippen molar-refractivity contribution in [3.63, 3.8) is 0 Å². The van der Waals surface area contributed by atoms with E-state index in [-0.39, 0.29) is 25.3 Å². The van der Waals surface area contributed by atoms with Crippen molar-refractivity contribution in [1.82, 2.24) is 26.3 Å². The molecule has 0 aliphatic carbocycles. The third kappa shape index (κ3) is 12.9. The first-order valence-corrected chi connectivity index (χ1v) is 15.1. The molecule has 0 radical (unpaired) electrons. The van der Waals surface area contributed by atoms with Gasteiger partial charge < -0.3 is 31.5 Å². The molecule has 1 aromatic heterocycles. The highest BCUT2D eigenvalue weighted by Gasteiger charge is 2.31. The van der Waals surface area contributed by atoms with Gasteiger partial charge in [-0.25, -0.2) is 8.78 Å². The summed E-state index contributed by atoms with van der Waals surface area (Å²) in [5.74, 6) is -4.04. The van der Waals surface area contributed by atoms with Crippen LogP contribution in [0.5, 0.6) is 0 Å². The Bertz CT molecular complexity index is 1220. The molecule has 4 amide bonds. The molecule has 0 fully saturated rings. The molecule has 2 aromatic rings. The van der Waals surface area contributed by atoms with Crippen LogP contribution in [0.1, 0.15) is 58.1 Å². The first-order chi connectivity index (χ1) is 21.3. The summed E-state index contributed by atoms with van der Waals surface area (Å²) in [5.41, 5.74) is 1.48. The highest BCUT2D eigenvalue weighted by molar-refractivity contribution is 5.89. The second-order valence-corrected chi connectivity index (χ2v) is 11.3. The topological polar surface area (TPSA) is 170 Å². The van der Waals surface area contributed by atoms with Crippen molar-refractivity contribution in [2.45, 2.75) is 96.7 Å². The van der Waals surface area contributed by atoms with E-state index in [1.807, 2.05) is 13.0 Å². The summed E-state index contributed by atoms with van der Waals surface area (Å²) < 4.78 is 26.6. The van der Waals surface area contributed by atoms with Crippen molar-refractivity contribution in [1.29, 1.82) is 0 Å². The quantitative estimate of drug-likeness (QED) is 0.146. The van der Waals surface area contributed by atoms with E-state index in [2.05, 4.69) is 26.3 Å². The number of pyridine rings is 1. The van der Waals surface area contributed by atoms with E-state index in [9.17, 15) is 38.2 Å². The number of rotatable bonds is 18. The fourth-order valence-electron chi connectivity index (χ4n) is 4.48. The molecular weight excluding hydrogens is 588 g/mol. The van der Waals surface area contributed by atoms with Gasteiger partial charge in [-0.2, -0.15) is 0 Å². The first-order valence-electron chi connectivity index (χ1n) is 15.1. The third-order valence-corrected chi connectivity index (χ3v) is 7.60. The molecule has 2 rings (SSSR count). The largest absolute Gasteiger partial charge is 0.391 e. The molecule has 0 bridgehead atoms. The summed E-state index contributed by atoms with van der Waals surface area (Å²) >= 11 is 0. The smallest absolute Gasteiger partial charge is 0.249 e. The monoisotopic (exact) mass is 633 g/mol. The number of aromatic nitrogens is 1. The summed E-state index contributed by atoms with van der Waals surface area (Å²) in [6, 6.07) is 8.86. The van der Waals surface area contributed by atoms with Crippen LogP contribution in [0.25, 0.3) is 0 Å². The number of carbonyl (C=O) groups is 4. The molecule has 1 heterocycles. The summed E-state index contributed by atoms with van der Waals surface area (Å²) in [7, 11) is 0. The minimum atomic E-state index is -2.86. The van der Waals surface area contributed by atoms with Crippen LogP contribution in [-0.4, -0.2) is 75.6 Å². The van der Waals surface area contributed by atoms with Crippen LogP contribution in [0.15, 0.2) is 54.9 Å². The predicted octanol–water partition coefficient (Wildman–Crippen LogP) is 1.86. The highest BCUT2D eigenvalue weighted by Crippen LogP contribution is 2.16. The van der Waals surface area contributed by atoms with Crippen molar-refractivity contribution >= 4 is 23.6 Å². The maximum absolute atomic E-state index is 13.3. The van der Waals surface area contributed by atoms with E-state index in [4.69, 9.17) is 0 Å². The molecule has 0 aliphatic rings. The van der Waals surface area contributed by atoms with Crippen molar-refractivity contribution < 1.29 is 38.2 Å². The first kappa shape index (κ1) is 37.2. The fourth-order valence-corrected chi connectivity index (χ4v) is 4.48. The van der Waals surface area contributed by atoms with Crippen molar-refractivity contribution in [2.24, 2.45) is 11.8 Å². The van der Waals surface area contributed by atoms with Gasteiger partial charge >= 0.3 is 0 Å². The number of nitrogens with one attached hydrogen (secondary N) is 4. The second-order valence-electron chi connectivity index (χ2n) is 11.3. The zero-order valence-electron chi connectivity index (χ0n) is 26.1. The average molecular weight is 634 g/mol. The van der Waals surface area contributed by atoms with Crippen LogP contribution in [-0.2, 0) is 32.1 Å². The van der Waals surface area contributed by atoms with Crippen molar-refractivity contribution in [3.05, 3.63) is 66.0 Å². The Kier molecular flexibility index (Phi) is 15.5. The summed E-state index contributed by atoms with van der Waals surface area (Å²) in [5, 5.41) is 31.5. The number of hydrogen-bond acceptors (Lipinski definition) is 7. The maximum Gasteiger partial charge on any atom is 0.249 e. The molecule has 0 aliphatic heterocycles. The molecule has 0 saturated heterocycles. The summed E-state index contributed by atoms with van der Waals surface area (Å²) in [6.45, 7) is 6.52. The van der Waals surface area contributed by atoms with Crippen molar-refractivity contribution in [3.8, 4) is 0 Å². The molecular formula is C32H45F2N5O6. The highest BCUT2D eigenvalue weighted by atomic mass is 19.3. The Labute approximate surface area is 262 Å². The molecule has 6 N–H and O–H groups in total. The van der Waals surface area contributed by atoms with Gasteiger partial charge in [0.15, 0.2) is 0 Å². The number of carbonyl (C=O) groups excluding carboxylic acids is 4. The van der Waals surface area contributed by atoms with Crippen LogP contribution >= 0.6 is 0 Å². The van der Waals surface area contributed by atoms with Gasteiger partial charge in [0.05, 0.1) is 12.1 Å². The van der Waals surface area contributed by atoms with Gasteiger partial charge in [0.1, 0.15) is 18.2 Å². The van der Waals surface area contributed by atoms with Gasteiger partial charge in [-0.05, 0) is 48.9 Å². The predicted molar refractivity (Wildman–Crippen MR) is 164 cm³/mol. The lowest BCUT2D eigenvalue weighted by Gasteiger charge is -2.28. The van der Waals surface area contributed by atoms with E-state index >= 15 is 0 Å². The number of nitrogens with zero attached hydrogens (tertiary/aromatic N) is 1. The van der Waals surface area contributed by atoms with E-state index in [1.54, 1.807) is 43.3 Å². The SMILES string of the molecule is CC[C@H](C)[C@H](O)C(=O)N[C@@H](C)C(=O)N[C@@H](Cc1ccccc1)[C@@H](O)C[C@@H](C)C(=O)N[C@@H](CC(F)F)C(=O)NCc1ccncc1. The molecule has 13 heteroatoms. The number of alkyl halides is 2. The Balaban J connectivity index is 2.08. The molecule has 45 heavy (non-hydrogen) atoms. The standard InChI is InChI=1S/C32H45F2N5O6/c1-5-19(2)28(41)32(45)37-21(4)30(43)38-24(16-22-9-7-6-8-10-22)26(40)15-20(3)29(42)39-25(17-27(33)34)31(44)36-18-23-11-13-35-14-12-23/h6-14,19-21,24-28,40-41H,5,15-18H2,1-4H3,(H,36,44)(H,37,45)(H,38,43)(H,39,42)/t19-,20+,21-,24-,25-,26-,28-/m0/s1. The zero-order chi connectivity index (χ0) is 33.5. The van der Waals surface area contributed by atoms with E-state index in [0.29, 0.717) is 12.0 Å². The molecule has 11 nitrogen and oxygen atoms in total. The summed E-state index contributed by atoms with van der Waals surface area (Å²) in [6.07, 6.45) is -2.69. The normalized spacial score (nSPS) is 15.9. The lowest BCUT2D eigenvalue weighted by atomic mass is 9.93. The fraction of sp³-hybridized carbons (Fsp3) is 0.531. The van der Waals surface area contributed by atoms with Crippen LogP contribution in [0.2, 0.25) is 0 Å². The second kappa shape index (κ2) is 18.7. The van der Waals surface area contributed by atoms with Gasteiger partial charge in [0, 0.05) is 31.3 Å². The number of aliphatic hydroxyl groups is 2. The van der Waals surface area contributed by atoms with Gasteiger partial charge in [-0.15, -0.1) is 0 Å². The number of halogens is 2. The number of amides is 4.